The number of rotatable bonds is 9. The summed E-state index contributed by atoms with van der Waals surface area (Å²) in [5.41, 5.74) is 1.05. The van der Waals surface area contributed by atoms with Gasteiger partial charge < -0.3 is 5.32 Å². The molecule has 1 fully saturated rings. The molecular formula is C14H27N5. The average molecular weight is 265 g/mol. The zero-order chi connectivity index (χ0) is 13.7. The van der Waals surface area contributed by atoms with E-state index in [4.69, 9.17) is 0 Å². The van der Waals surface area contributed by atoms with Gasteiger partial charge in [0.15, 0.2) is 0 Å². The molecule has 2 rings (SSSR count). The molecule has 1 N–H and O–H groups in total. The summed E-state index contributed by atoms with van der Waals surface area (Å²) < 4.78 is 1.97. The molecule has 1 aliphatic rings. The lowest BCUT2D eigenvalue weighted by molar-refractivity contribution is 0.203. The minimum absolute atomic E-state index is 0.643. The Bertz CT molecular complexity index is 372. The Morgan fingerprint density at radius 1 is 1.47 bits per heavy atom. The van der Waals surface area contributed by atoms with E-state index in [1.165, 1.54) is 19.3 Å². The van der Waals surface area contributed by atoms with Gasteiger partial charge in [-0.05, 0) is 32.7 Å². The highest BCUT2D eigenvalue weighted by atomic mass is 15.4. The summed E-state index contributed by atoms with van der Waals surface area (Å²) in [7, 11) is 0. The second-order valence-electron chi connectivity index (χ2n) is 5.51. The van der Waals surface area contributed by atoms with Crippen LogP contribution in [-0.4, -0.2) is 45.1 Å². The van der Waals surface area contributed by atoms with Gasteiger partial charge in [-0.3, -0.25) is 9.58 Å². The van der Waals surface area contributed by atoms with Gasteiger partial charge in [-0.2, -0.15) is 0 Å². The Morgan fingerprint density at radius 3 is 2.89 bits per heavy atom. The minimum atomic E-state index is 0.643. The van der Waals surface area contributed by atoms with Crippen LogP contribution in [0.4, 0.5) is 0 Å². The normalized spacial score (nSPS) is 17.1. The monoisotopic (exact) mass is 265 g/mol. The number of likely N-dealkylation sites (N-methyl/N-ethyl adjacent to an activating group) is 1. The van der Waals surface area contributed by atoms with Crippen LogP contribution in [0.25, 0.3) is 0 Å². The van der Waals surface area contributed by atoms with Crippen molar-refractivity contribution in [3.05, 3.63) is 11.9 Å². The molecule has 1 aromatic heterocycles. The van der Waals surface area contributed by atoms with Crippen LogP contribution in [0.2, 0.25) is 0 Å². The molecule has 0 aliphatic heterocycles. The van der Waals surface area contributed by atoms with E-state index in [-0.39, 0.29) is 0 Å². The molecule has 108 valence electrons. The first-order valence-corrected chi connectivity index (χ1v) is 7.59. The second kappa shape index (κ2) is 7.01. The highest BCUT2D eigenvalue weighted by molar-refractivity contribution is 4.94. The van der Waals surface area contributed by atoms with Crippen molar-refractivity contribution in [3.63, 3.8) is 0 Å². The highest BCUT2D eigenvalue weighted by Gasteiger charge is 2.20. The number of hydrogen-bond donors (Lipinski definition) is 1. The van der Waals surface area contributed by atoms with Crippen molar-refractivity contribution in [2.75, 3.05) is 13.1 Å². The van der Waals surface area contributed by atoms with Gasteiger partial charge in [-0.1, -0.05) is 19.1 Å². The standard InChI is InChI=1S/C14H27N5/c1-4-12(3)18(5-2)8-9-19-11-14(16-17-19)10-15-13-6-7-13/h11-13,15H,4-10H2,1-3H3. The zero-order valence-corrected chi connectivity index (χ0v) is 12.5. The van der Waals surface area contributed by atoms with E-state index < -0.39 is 0 Å². The first kappa shape index (κ1) is 14.5. The van der Waals surface area contributed by atoms with Gasteiger partial charge in [0, 0.05) is 31.4 Å². The lowest BCUT2D eigenvalue weighted by Crippen LogP contribution is -2.35. The van der Waals surface area contributed by atoms with Gasteiger partial charge >= 0.3 is 0 Å². The fraction of sp³-hybridized carbons (Fsp3) is 0.857. The molecule has 1 unspecified atom stereocenters. The quantitative estimate of drug-likeness (QED) is 0.737. The van der Waals surface area contributed by atoms with Crippen molar-refractivity contribution < 1.29 is 0 Å². The number of aromatic nitrogens is 3. The third-order valence-electron chi connectivity index (χ3n) is 3.97. The van der Waals surface area contributed by atoms with Crippen LogP contribution in [0.15, 0.2) is 6.20 Å². The maximum absolute atomic E-state index is 4.22. The Kier molecular flexibility index (Phi) is 5.34. The summed E-state index contributed by atoms with van der Waals surface area (Å²) in [6.45, 7) is 10.7. The van der Waals surface area contributed by atoms with E-state index in [0.717, 1.165) is 37.9 Å². The second-order valence-corrected chi connectivity index (χ2v) is 5.51. The van der Waals surface area contributed by atoms with Gasteiger partial charge in [0.2, 0.25) is 0 Å². The zero-order valence-electron chi connectivity index (χ0n) is 12.5. The average Bonchev–Trinajstić information content (AvgIpc) is 3.15. The summed E-state index contributed by atoms with van der Waals surface area (Å²) in [5, 5.41) is 11.9. The largest absolute Gasteiger partial charge is 0.308 e. The minimum Gasteiger partial charge on any atom is -0.308 e. The van der Waals surface area contributed by atoms with E-state index in [1.807, 2.05) is 4.68 Å². The molecule has 0 spiro atoms. The van der Waals surface area contributed by atoms with E-state index in [1.54, 1.807) is 0 Å². The number of nitrogens with zero attached hydrogens (tertiary/aromatic N) is 4. The molecule has 1 aliphatic carbocycles. The summed E-state index contributed by atoms with van der Waals surface area (Å²) >= 11 is 0. The molecule has 1 heterocycles. The van der Waals surface area contributed by atoms with Crippen molar-refractivity contribution in [1.82, 2.24) is 25.2 Å². The topological polar surface area (TPSA) is 46.0 Å². The Labute approximate surface area is 116 Å². The van der Waals surface area contributed by atoms with Crippen LogP contribution < -0.4 is 5.32 Å². The first-order valence-electron chi connectivity index (χ1n) is 7.59. The van der Waals surface area contributed by atoms with Gasteiger partial charge in [0.05, 0.1) is 12.2 Å². The summed E-state index contributed by atoms with van der Waals surface area (Å²) in [5.74, 6) is 0. The Balaban J connectivity index is 1.75. The van der Waals surface area contributed by atoms with Gasteiger partial charge in [0.1, 0.15) is 0 Å². The molecule has 1 aromatic rings. The van der Waals surface area contributed by atoms with Crippen molar-refractivity contribution in [3.8, 4) is 0 Å². The summed E-state index contributed by atoms with van der Waals surface area (Å²) in [6.07, 6.45) is 5.89. The molecular weight excluding hydrogens is 238 g/mol. The van der Waals surface area contributed by atoms with Crippen LogP contribution in [0.5, 0.6) is 0 Å². The molecule has 5 heteroatoms. The molecule has 0 amide bonds. The first-order chi connectivity index (χ1) is 9.22. The molecule has 0 bridgehead atoms. The fourth-order valence-electron chi connectivity index (χ4n) is 2.24. The summed E-state index contributed by atoms with van der Waals surface area (Å²) in [4.78, 5) is 2.49. The molecule has 0 aromatic carbocycles. The van der Waals surface area contributed by atoms with Crippen molar-refractivity contribution >= 4 is 0 Å². The SMILES string of the molecule is CCC(C)N(CC)CCn1cc(CNC2CC2)nn1. The summed E-state index contributed by atoms with van der Waals surface area (Å²) in [6, 6.07) is 1.37. The molecule has 5 nitrogen and oxygen atoms in total. The Morgan fingerprint density at radius 2 is 2.26 bits per heavy atom. The third-order valence-corrected chi connectivity index (χ3v) is 3.97. The highest BCUT2D eigenvalue weighted by Crippen LogP contribution is 2.18. The molecule has 19 heavy (non-hydrogen) atoms. The molecule has 0 saturated heterocycles. The third kappa shape index (κ3) is 4.58. The number of nitrogens with one attached hydrogen (secondary N) is 1. The van der Waals surface area contributed by atoms with Gasteiger partial charge in [-0.15, -0.1) is 5.10 Å². The van der Waals surface area contributed by atoms with E-state index in [9.17, 15) is 0 Å². The van der Waals surface area contributed by atoms with Crippen LogP contribution in [0.1, 0.15) is 45.7 Å². The molecule has 0 radical (unpaired) electrons. The van der Waals surface area contributed by atoms with E-state index >= 15 is 0 Å². The Hall–Kier alpha value is -0.940. The fourth-order valence-corrected chi connectivity index (χ4v) is 2.24. The lowest BCUT2D eigenvalue weighted by atomic mass is 10.2. The predicted molar refractivity (Wildman–Crippen MR) is 76.9 cm³/mol. The van der Waals surface area contributed by atoms with Gasteiger partial charge in [-0.25, -0.2) is 0 Å². The van der Waals surface area contributed by atoms with Gasteiger partial charge in [0.25, 0.3) is 0 Å². The van der Waals surface area contributed by atoms with Crippen molar-refractivity contribution in [2.24, 2.45) is 0 Å². The lowest BCUT2D eigenvalue weighted by Gasteiger charge is -2.26. The maximum atomic E-state index is 4.22. The van der Waals surface area contributed by atoms with E-state index in [2.05, 4.69) is 47.5 Å². The smallest absolute Gasteiger partial charge is 0.0964 e. The molecule has 1 atom stereocenters. The maximum Gasteiger partial charge on any atom is 0.0964 e. The number of hydrogen-bond acceptors (Lipinski definition) is 4. The van der Waals surface area contributed by atoms with Crippen LogP contribution in [0.3, 0.4) is 0 Å². The molecule has 1 saturated carbocycles. The van der Waals surface area contributed by atoms with Crippen molar-refractivity contribution in [1.29, 1.82) is 0 Å². The van der Waals surface area contributed by atoms with E-state index in [0.29, 0.717) is 6.04 Å². The van der Waals surface area contributed by atoms with Crippen LogP contribution in [-0.2, 0) is 13.1 Å². The predicted octanol–water partition coefficient (Wildman–Crippen LogP) is 1.65. The van der Waals surface area contributed by atoms with Crippen LogP contribution >= 0.6 is 0 Å². The van der Waals surface area contributed by atoms with Crippen LogP contribution in [0, 0.1) is 0 Å². The van der Waals surface area contributed by atoms with Crippen molar-refractivity contribution in [2.45, 2.75) is 65.2 Å².